The Bertz CT molecular complexity index is 353. The van der Waals surface area contributed by atoms with Crippen LogP contribution in [0, 0.1) is 5.82 Å². The molecule has 0 spiro atoms. The van der Waals surface area contributed by atoms with Gasteiger partial charge >= 0.3 is 0 Å². The first-order chi connectivity index (χ1) is 7.48. The Morgan fingerprint density at radius 2 is 2.12 bits per heavy atom. The van der Waals surface area contributed by atoms with Gasteiger partial charge in [-0.2, -0.15) is 0 Å². The average molecular weight is 226 g/mol. The van der Waals surface area contributed by atoms with Gasteiger partial charge in [0.05, 0.1) is 7.11 Å². The number of hydrogen-bond acceptors (Lipinski definition) is 3. The van der Waals surface area contributed by atoms with E-state index in [1.54, 1.807) is 13.2 Å². The van der Waals surface area contributed by atoms with Crippen LogP contribution in [0.3, 0.4) is 0 Å². The zero-order chi connectivity index (χ0) is 12.2. The molecule has 0 heterocycles. The number of ether oxygens (including phenoxy) is 1. The lowest BCUT2D eigenvalue weighted by atomic mass is 10.1. The molecular weight excluding hydrogens is 207 g/mol. The zero-order valence-corrected chi connectivity index (χ0v) is 10.0. The van der Waals surface area contributed by atoms with Gasteiger partial charge in [0, 0.05) is 24.2 Å². The minimum absolute atomic E-state index is 0.169. The fraction of sp³-hybridized carbons (Fsp3) is 0.500. The second kappa shape index (κ2) is 5.27. The van der Waals surface area contributed by atoms with Gasteiger partial charge < -0.3 is 15.8 Å². The van der Waals surface area contributed by atoms with Crippen LogP contribution in [0.4, 0.5) is 4.39 Å². The second-order valence-corrected chi connectivity index (χ2v) is 4.40. The Morgan fingerprint density at radius 3 is 2.69 bits per heavy atom. The van der Waals surface area contributed by atoms with Crippen LogP contribution < -0.4 is 15.8 Å². The van der Waals surface area contributed by atoms with Crippen molar-refractivity contribution >= 4 is 0 Å². The molecule has 0 radical (unpaired) electrons. The molecule has 0 amide bonds. The van der Waals surface area contributed by atoms with Gasteiger partial charge in [0.25, 0.3) is 0 Å². The maximum Gasteiger partial charge on any atom is 0.123 e. The Hall–Kier alpha value is -1.13. The summed E-state index contributed by atoms with van der Waals surface area (Å²) in [6, 6.07) is 4.48. The monoisotopic (exact) mass is 226 g/mol. The summed E-state index contributed by atoms with van der Waals surface area (Å²) in [4.78, 5) is 0. The van der Waals surface area contributed by atoms with Gasteiger partial charge in [0.2, 0.25) is 0 Å². The number of nitrogens with one attached hydrogen (secondary N) is 1. The Morgan fingerprint density at radius 1 is 1.44 bits per heavy atom. The summed E-state index contributed by atoms with van der Waals surface area (Å²) >= 11 is 0. The lowest BCUT2D eigenvalue weighted by Gasteiger charge is -2.24. The fourth-order valence-corrected chi connectivity index (χ4v) is 1.29. The van der Waals surface area contributed by atoms with Crippen LogP contribution in [-0.4, -0.2) is 19.2 Å². The van der Waals surface area contributed by atoms with E-state index in [1.165, 1.54) is 12.1 Å². The van der Waals surface area contributed by atoms with Crippen LogP contribution >= 0.6 is 0 Å². The standard InChI is InChI=1S/C12H19FN2O/c1-12(2,8-14)15-7-9-6-10(13)4-5-11(9)16-3/h4-6,15H,7-8,14H2,1-3H3. The first-order valence-corrected chi connectivity index (χ1v) is 5.26. The third-order valence-electron chi connectivity index (χ3n) is 2.51. The molecule has 0 aliphatic rings. The Labute approximate surface area is 95.8 Å². The summed E-state index contributed by atoms with van der Waals surface area (Å²) in [5.74, 6) is 0.421. The van der Waals surface area contributed by atoms with Crippen LogP contribution in [0.25, 0.3) is 0 Å². The van der Waals surface area contributed by atoms with Crippen molar-refractivity contribution in [3.8, 4) is 5.75 Å². The topological polar surface area (TPSA) is 47.3 Å². The van der Waals surface area contributed by atoms with Crippen molar-refractivity contribution in [2.24, 2.45) is 5.73 Å². The summed E-state index contributed by atoms with van der Waals surface area (Å²) < 4.78 is 18.2. The predicted molar refractivity (Wildman–Crippen MR) is 62.9 cm³/mol. The van der Waals surface area contributed by atoms with E-state index in [9.17, 15) is 4.39 Å². The molecule has 0 saturated carbocycles. The molecule has 0 atom stereocenters. The van der Waals surface area contributed by atoms with Crippen molar-refractivity contribution in [2.75, 3.05) is 13.7 Å². The first-order valence-electron chi connectivity index (χ1n) is 5.26. The molecule has 3 N–H and O–H groups in total. The van der Waals surface area contributed by atoms with Gasteiger partial charge in [0.1, 0.15) is 11.6 Å². The van der Waals surface area contributed by atoms with E-state index in [1.807, 2.05) is 13.8 Å². The summed E-state index contributed by atoms with van der Waals surface area (Å²) in [5.41, 5.74) is 6.23. The quantitative estimate of drug-likeness (QED) is 0.802. The summed E-state index contributed by atoms with van der Waals surface area (Å²) in [6.45, 7) is 5.05. The van der Waals surface area contributed by atoms with Crippen LogP contribution in [0.15, 0.2) is 18.2 Å². The highest BCUT2D eigenvalue weighted by atomic mass is 19.1. The van der Waals surface area contributed by atoms with Crippen molar-refractivity contribution in [3.05, 3.63) is 29.6 Å². The SMILES string of the molecule is COc1ccc(F)cc1CNC(C)(C)CN. The van der Waals surface area contributed by atoms with Gasteiger partial charge in [0.15, 0.2) is 0 Å². The molecule has 1 aromatic rings. The van der Waals surface area contributed by atoms with Gasteiger partial charge in [-0.15, -0.1) is 0 Å². The molecule has 16 heavy (non-hydrogen) atoms. The van der Waals surface area contributed by atoms with Crippen molar-refractivity contribution in [1.29, 1.82) is 0 Å². The van der Waals surface area contributed by atoms with Crippen molar-refractivity contribution in [2.45, 2.75) is 25.9 Å². The van der Waals surface area contributed by atoms with E-state index in [2.05, 4.69) is 5.32 Å². The van der Waals surface area contributed by atoms with Crippen LogP contribution in [0.5, 0.6) is 5.75 Å². The number of rotatable bonds is 5. The molecule has 90 valence electrons. The highest BCUT2D eigenvalue weighted by Gasteiger charge is 2.15. The average Bonchev–Trinajstić information content (AvgIpc) is 2.27. The van der Waals surface area contributed by atoms with Gasteiger partial charge in [-0.25, -0.2) is 4.39 Å². The van der Waals surface area contributed by atoms with E-state index in [-0.39, 0.29) is 11.4 Å². The van der Waals surface area contributed by atoms with Gasteiger partial charge in [-0.1, -0.05) is 0 Å². The van der Waals surface area contributed by atoms with Gasteiger partial charge in [-0.3, -0.25) is 0 Å². The molecule has 0 unspecified atom stereocenters. The van der Waals surface area contributed by atoms with E-state index in [0.717, 1.165) is 5.56 Å². The summed E-state index contributed by atoms with van der Waals surface area (Å²) in [5, 5.41) is 3.26. The number of benzene rings is 1. The first kappa shape index (κ1) is 12.9. The molecule has 1 aromatic carbocycles. The predicted octanol–water partition coefficient (Wildman–Crippen LogP) is 1.66. The molecule has 3 nitrogen and oxygen atoms in total. The van der Waals surface area contributed by atoms with E-state index < -0.39 is 0 Å². The molecule has 4 heteroatoms. The molecule has 0 saturated heterocycles. The van der Waals surface area contributed by atoms with E-state index >= 15 is 0 Å². The second-order valence-electron chi connectivity index (χ2n) is 4.40. The third-order valence-corrected chi connectivity index (χ3v) is 2.51. The zero-order valence-electron chi connectivity index (χ0n) is 10.0. The third kappa shape index (κ3) is 3.47. The van der Waals surface area contributed by atoms with Crippen LogP contribution in [0.1, 0.15) is 19.4 Å². The van der Waals surface area contributed by atoms with Crippen LogP contribution in [-0.2, 0) is 6.54 Å². The number of nitrogens with two attached hydrogens (primary N) is 1. The van der Waals surface area contributed by atoms with Crippen molar-refractivity contribution in [3.63, 3.8) is 0 Å². The number of halogens is 1. The summed E-state index contributed by atoms with van der Waals surface area (Å²) in [7, 11) is 1.57. The molecule has 1 rings (SSSR count). The maximum atomic E-state index is 13.1. The number of methoxy groups -OCH3 is 1. The molecule has 0 aliphatic carbocycles. The Balaban J connectivity index is 2.76. The lowest BCUT2D eigenvalue weighted by molar-refractivity contribution is 0.378. The Kier molecular flexibility index (Phi) is 4.26. The highest BCUT2D eigenvalue weighted by molar-refractivity contribution is 5.33. The number of hydrogen-bond donors (Lipinski definition) is 2. The smallest absolute Gasteiger partial charge is 0.123 e. The van der Waals surface area contributed by atoms with Crippen LogP contribution in [0.2, 0.25) is 0 Å². The molecule has 0 fully saturated rings. The minimum Gasteiger partial charge on any atom is -0.496 e. The highest BCUT2D eigenvalue weighted by Crippen LogP contribution is 2.19. The molecule has 0 bridgehead atoms. The minimum atomic E-state index is -0.261. The largest absolute Gasteiger partial charge is 0.496 e. The molecule has 0 aromatic heterocycles. The normalized spacial score (nSPS) is 11.6. The lowest BCUT2D eigenvalue weighted by Crippen LogP contribution is -2.45. The van der Waals surface area contributed by atoms with E-state index in [0.29, 0.717) is 18.8 Å². The van der Waals surface area contributed by atoms with Crippen molar-refractivity contribution in [1.82, 2.24) is 5.32 Å². The molecular formula is C12H19FN2O. The molecule has 0 aliphatic heterocycles. The van der Waals surface area contributed by atoms with Crippen molar-refractivity contribution < 1.29 is 9.13 Å². The maximum absolute atomic E-state index is 13.1. The summed E-state index contributed by atoms with van der Waals surface area (Å²) in [6.07, 6.45) is 0. The van der Waals surface area contributed by atoms with Gasteiger partial charge in [-0.05, 0) is 32.0 Å². The fourth-order valence-electron chi connectivity index (χ4n) is 1.29. The van der Waals surface area contributed by atoms with E-state index in [4.69, 9.17) is 10.5 Å².